The van der Waals surface area contributed by atoms with Gasteiger partial charge in [-0.05, 0) is 12.1 Å². The van der Waals surface area contributed by atoms with Crippen LogP contribution in [0.1, 0.15) is 23.9 Å². The van der Waals surface area contributed by atoms with E-state index in [4.69, 9.17) is 4.98 Å². The van der Waals surface area contributed by atoms with Crippen molar-refractivity contribution >= 4 is 33.5 Å². The normalized spacial score (nSPS) is 24.3. The topological polar surface area (TPSA) is 66.7 Å². The second-order valence-electron chi connectivity index (χ2n) is 6.08. The molecular formula is C16H19N4O2S+. The minimum Gasteiger partial charge on any atom is -0.336 e. The van der Waals surface area contributed by atoms with Crippen molar-refractivity contribution < 1.29 is 14.5 Å². The molecule has 6 nitrogen and oxygen atoms in total. The summed E-state index contributed by atoms with van der Waals surface area (Å²) in [4.78, 5) is 31.3. The Morgan fingerprint density at radius 2 is 2.30 bits per heavy atom. The van der Waals surface area contributed by atoms with E-state index < -0.39 is 0 Å². The van der Waals surface area contributed by atoms with E-state index in [9.17, 15) is 9.59 Å². The number of carbonyl (C=O) groups is 2. The number of benzene rings is 1. The molecule has 2 saturated heterocycles. The van der Waals surface area contributed by atoms with Crippen molar-refractivity contribution in [3.8, 4) is 0 Å². The molecule has 3 heterocycles. The zero-order chi connectivity index (χ0) is 15.8. The molecule has 1 aromatic heterocycles. The Hall–Kier alpha value is -1.99. The van der Waals surface area contributed by atoms with Crippen LogP contribution in [-0.2, 0) is 4.79 Å². The first-order valence-electron chi connectivity index (χ1n) is 8.00. The number of imide groups is 1. The lowest BCUT2D eigenvalue weighted by Gasteiger charge is -2.21. The SMILES string of the molecule is O=C(C[NH+]1CCC[C@H]1c1nc2ccccc2s1)N1CCNC1=O. The summed E-state index contributed by atoms with van der Waals surface area (Å²) in [7, 11) is 0. The number of para-hydroxylation sites is 1. The molecule has 0 bridgehead atoms. The highest BCUT2D eigenvalue weighted by Gasteiger charge is 2.36. The molecule has 2 fully saturated rings. The minimum atomic E-state index is -0.259. The van der Waals surface area contributed by atoms with Gasteiger partial charge in [-0.25, -0.2) is 9.78 Å². The number of nitrogens with zero attached hydrogens (tertiary/aromatic N) is 2. The molecule has 7 heteroatoms. The van der Waals surface area contributed by atoms with Crippen molar-refractivity contribution in [2.75, 3.05) is 26.2 Å². The van der Waals surface area contributed by atoms with Gasteiger partial charge < -0.3 is 10.2 Å². The molecule has 0 aliphatic carbocycles. The van der Waals surface area contributed by atoms with E-state index in [1.54, 1.807) is 11.3 Å². The number of fused-ring (bicyclic) bond motifs is 1. The van der Waals surface area contributed by atoms with E-state index >= 15 is 0 Å². The summed E-state index contributed by atoms with van der Waals surface area (Å²) >= 11 is 1.72. The first-order chi connectivity index (χ1) is 11.2. The second kappa shape index (κ2) is 5.90. The van der Waals surface area contributed by atoms with Crippen LogP contribution in [0.2, 0.25) is 0 Å². The van der Waals surface area contributed by atoms with Gasteiger partial charge in [-0.2, -0.15) is 0 Å². The van der Waals surface area contributed by atoms with Crippen LogP contribution in [0.4, 0.5) is 4.79 Å². The zero-order valence-electron chi connectivity index (χ0n) is 12.7. The number of aromatic nitrogens is 1. The maximum atomic E-state index is 12.4. The van der Waals surface area contributed by atoms with Crippen molar-refractivity contribution in [2.45, 2.75) is 18.9 Å². The number of amides is 3. The van der Waals surface area contributed by atoms with E-state index in [2.05, 4.69) is 11.4 Å². The van der Waals surface area contributed by atoms with Crippen molar-refractivity contribution in [2.24, 2.45) is 0 Å². The van der Waals surface area contributed by atoms with Gasteiger partial charge in [-0.15, -0.1) is 11.3 Å². The standard InChI is InChI=1S/C16H18N4O2S/c21-14(20-9-7-17-16(20)22)10-19-8-3-5-12(19)15-18-11-4-1-2-6-13(11)23-15/h1-2,4,6,12H,3,5,7-10H2,(H,17,22)/p+1/t12-/m0/s1. The fourth-order valence-corrected chi connectivity index (χ4v) is 4.62. The molecule has 4 rings (SSSR count). The maximum Gasteiger partial charge on any atom is 0.324 e. The third-order valence-corrected chi connectivity index (χ3v) is 5.78. The van der Waals surface area contributed by atoms with Gasteiger partial charge in [0.25, 0.3) is 5.91 Å². The smallest absolute Gasteiger partial charge is 0.324 e. The van der Waals surface area contributed by atoms with Gasteiger partial charge in [-0.1, -0.05) is 12.1 Å². The summed E-state index contributed by atoms with van der Waals surface area (Å²) in [5.74, 6) is -0.0805. The molecule has 0 spiro atoms. The summed E-state index contributed by atoms with van der Waals surface area (Å²) < 4.78 is 1.19. The van der Waals surface area contributed by atoms with Gasteiger partial charge in [0, 0.05) is 25.9 Å². The van der Waals surface area contributed by atoms with Crippen LogP contribution in [0.15, 0.2) is 24.3 Å². The van der Waals surface area contributed by atoms with Crippen LogP contribution in [0.3, 0.4) is 0 Å². The number of quaternary nitrogens is 1. The highest BCUT2D eigenvalue weighted by molar-refractivity contribution is 7.18. The van der Waals surface area contributed by atoms with Gasteiger partial charge in [0.1, 0.15) is 6.04 Å². The summed E-state index contributed by atoms with van der Waals surface area (Å²) in [5.41, 5.74) is 1.03. The first kappa shape index (κ1) is 14.6. The Balaban J connectivity index is 1.52. The summed E-state index contributed by atoms with van der Waals surface area (Å²) in [6.07, 6.45) is 2.14. The van der Waals surface area contributed by atoms with Crippen LogP contribution in [0.5, 0.6) is 0 Å². The molecule has 120 valence electrons. The van der Waals surface area contributed by atoms with Crippen molar-refractivity contribution in [1.29, 1.82) is 0 Å². The fourth-order valence-electron chi connectivity index (χ4n) is 3.46. The Morgan fingerprint density at radius 3 is 3.09 bits per heavy atom. The lowest BCUT2D eigenvalue weighted by atomic mass is 10.2. The molecule has 2 atom stereocenters. The average Bonchev–Trinajstić information content (AvgIpc) is 3.24. The van der Waals surface area contributed by atoms with Crippen LogP contribution in [-0.4, -0.2) is 48.0 Å². The Labute approximate surface area is 138 Å². The first-order valence-corrected chi connectivity index (χ1v) is 8.82. The van der Waals surface area contributed by atoms with Crippen molar-refractivity contribution in [3.63, 3.8) is 0 Å². The van der Waals surface area contributed by atoms with E-state index in [0.29, 0.717) is 19.6 Å². The summed E-state index contributed by atoms with van der Waals surface area (Å²) in [6.45, 7) is 2.37. The molecular weight excluding hydrogens is 312 g/mol. The third-order valence-electron chi connectivity index (χ3n) is 4.63. The molecule has 1 aromatic carbocycles. The number of nitrogens with one attached hydrogen (secondary N) is 2. The molecule has 0 saturated carbocycles. The van der Waals surface area contributed by atoms with Gasteiger partial charge in [0.05, 0.1) is 16.8 Å². The Morgan fingerprint density at radius 1 is 1.43 bits per heavy atom. The number of carbonyl (C=O) groups excluding carboxylic acids is 2. The predicted molar refractivity (Wildman–Crippen MR) is 87.4 cm³/mol. The van der Waals surface area contributed by atoms with Crippen molar-refractivity contribution in [1.82, 2.24) is 15.2 Å². The fraction of sp³-hybridized carbons (Fsp3) is 0.438. The lowest BCUT2D eigenvalue weighted by Crippen LogP contribution is -3.11. The maximum absolute atomic E-state index is 12.4. The molecule has 3 amide bonds. The van der Waals surface area contributed by atoms with Gasteiger partial charge >= 0.3 is 6.03 Å². The minimum absolute atomic E-state index is 0.0805. The lowest BCUT2D eigenvalue weighted by molar-refractivity contribution is -0.910. The van der Waals surface area contributed by atoms with Crippen LogP contribution in [0, 0.1) is 0 Å². The zero-order valence-corrected chi connectivity index (χ0v) is 13.6. The van der Waals surface area contributed by atoms with E-state index in [1.165, 1.54) is 14.5 Å². The molecule has 2 aromatic rings. The number of likely N-dealkylation sites (tertiary alicyclic amines) is 1. The monoisotopic (exact) mass is 331 g/mol. The number of thiazole rings is 1. The molecule has 2 aliphatic heterocycles. The van der Waals surface area contributed by atoms with Gasteiger partial charge in [0.2, 0.25) is 0 Å². The van der Waals surface area contributed by atoms with Gasteiger partial charge in [0.15, 0.2) is 11.6 Å². The van der Waals surface area contributed by atoms with Crippen LogP contribution >= 0.6 is 11.3 Å². The number of hydrogen-bond acceptors (Lipinski definition) is 4. The summed E-state index contributed by atoms with van der Waals surface area (Å²) in [6, 6.07) is 8.15. The molecule has 0 radical (unpaired) electrons. The molecule has 2 aliphatic rings. The quantitative estimate of drug-likeness (QED) is 0.864. The van der Waals surface area contributed by atoms with Crippen LogP contribution < -0.4 is 10.2 Å². The highest BCUT2D eigenvalue weighted by Crippen LogP contribution is 2.28. The van der Waals surface area contributed by atoms with Crippen LogP contribution in [0.25, 0.3) is 10.2 Å². The van der Waals surface area contributed by atoms with Crippen molar-refractivity contribution in [3.05, 3.63) is 29.3 Å². The Bertz CT molecular complexity index is 726. The third kappa shape index (κ3) is 2.70. The Kier molecular flexibility index (Phi) is 3.74. The second-order valence-corrected chi connectivity index (χ2v) is 7.14. The predicted octanol–water partition coefficient (Wildman–Crippen LogP) is 0.568. The number of urea groups is 1. The van der Waals surface area contributed by atoms with E-state index in [-0.39, 0.29) is 18.0 Å². The molecule has 23 heavy (non-hydrogen) atoms. The van der Waals surface area contributed by atoms with Gasteiger partial charge in [-0.3, -0.25) is 9.69 Å². The summed E-state index contributed by atoms with van der Waals surface area (Å²) in [5, 5.41) is 3.79. The molecule has 1 unspecified atom stereocenters. The largest absolute Gasteiger partial charge is 0.336 e. The van der Waals surface area contributed by atoms with E-state index in [0.717, 1.165) is 29.9 Å². The average molecular weight is 331 g/mol. The highest BCUT2D eigenvalue weighted by atomic mass is 32.1. The number of rotatable bonds is 3. The number of hydrogen-bond donors (Lipinski definition) is 2. The molecule has 2 N–H and O–H groups in total. The van der Waals surface area contributed by atoms with E-state index in [1.807, 2.05) is 18.2 Å².